The highest BCUT2D eigenvalue weighted by atomic mass is 16.2. The van der Waals surface area contributed by atoms with E-state index in [1.54, 1.807) is 4.90 Å². The minimum Gasteiger partial charge on any atom is -0.350 e. The van der Waals surface area contributed by atoms with Crippen LogP contribution in [0.4, 0.5) is 0 Å². The molecule has 3 aliphatic heterocycles. The summed E-state index contributed by atoms with van der Waals surface area (Å²) in [6, 6.07) is 13.4. The van der Waals surface area contributed by atoms with Gasteiger partial charge >= 0.3 is 0 Å². The molecule has 3 saturated heterocycles. The van der Waals surface area contributed by atoms with Crippen molar-refractivity contribution in [3.63, 3.8) is 0 Å². The van der Waals surface area contributed by atoms with Crippen molar-refractivity contribution < 1.29 is 14.4 Å². The molecule has 3 aromatic rings. The van der Waals surface area contributed by atoms with Crippen LogP contribution in [0, 0.1) is 18.8 Å². The van der Waals surface area contributed by atoms with Crippen LogP contribution in [0.2, 0.25) is 0 Å². The van der Waals surface area contributed by atoms with Crippen LogP contribution in [0.15, 0.2) is 48.7 Å². The number of amides is 3. The fourth-order valence-electron chi connectivity index (χ4n) is 7.02. The molecule has 2 unspecified atom stereocenters. The second kappa shape index (κ2) is 12.3. The highest BCUT2D eigenvalue weighted by Crippen LogP contribution is 2.31. The zero-order chi connectivity index (χ0) is 29.2. The summed E-state index contributed by atoms with van der Waals surface area (Å²) in [6.07, 6.45) is 6.85. The van der Waals surface area contributed by atoms with Gasteiger partial charge in [-0.05, 0) is 81.2 Å². The number of rotatable bonds is 7. The average Bonchev–Trinajstić information content (AvgIpc) is 3.77. The third kappa shape index (κ3) is 5.93. The lowest BCUT2D eigenvalue weighted by Gasteiger charge is -2.36. The monoisotopic (exact) mass is 570 g/mol. The molecule has 0 aliphatic carbocycles. The Hall–Kier alpha value is -3.72. The zero-order valence-corrected chi connectivity index (χ0v) is 24.7. The third-order valence-corrected chi connectivity index (χ3v) is 9.36. The van der Waals surface area contributed by atoms with Crippen LogP contribution in [-0.2, 0) is 34.4 Å². The Morgan fingerprint density at radius 2 is 1.76 bits per heavy atom. The van der Waals surface area contributed by atoms with Gasteiger partial charge in [-0.1, -0.05) is 35.9 Å². The van der Waals surface area contributed by atoms with Crippen LogP contribution in [0.5, 0.6) is 0 Å². The predicted molar refractivity (Wildman–Crippen MR) is 161 cm³/mol. The van der Waals surface area contributed by atoms with Crippen molar-refractivity contribution in [3.05, 3.63) is 65.4 Å². The minimum absolute atomic E-state index is 0.0836. The van der Waals surface area contributed by atoms with Gasteiger partial charge in [0.15, 0.2) is 0 Å². The summed E-state index contributed by atoms with van der Waals surface area (Å²) in [7, 11) is 1.91. The minimum atomic E-state index is -0.590. The molecular weight excluding hydrogens is 528 g/mol. The number of carbonyl (C=O) groups is 3. The van der Waals surface area contributed by atoms with Crippen LogP contribution in [0.3, 0.4) is 0 Å². The Kier molecular flexibility index (Phi) is 8.29. The van der Waals surface area contributed by atoms with Gasteiger partial charge < -0.3 is 20.4 Å². The van der Waals surface area contributed by atoms with Gasteiger partial charge in [-0.25, -0.2) is 0 Å². The number of carbonyl (C=O) groups excluding carboxylic acids is 3. The maximum Gasteiger partial charge on any atom is 0.243 e. The number of likely N-dealkylation sites (tertiary alicyclic amines) is 2. The second-order valence-corrected chi connectivity index (χ2v) is 12.4. The van der Waals surface area contributed by atoms with E-state index in [-0.39, 0.29) is 29.6 Å². The molecule has 9 nitrogen and oxygen atoms in total. The summed E-state index contributed by atoms with van der Waals surface area (Å²) in [4.78, 5) is 45.1. The molecule has 3 fully saturated rings. The molecule has 42 heavy (non-hydrogen) atoms. The summed E-state index contributed by atoms with van der Waals surface area (Å²) in [5.41, 5.74) is 4.44. The van der Waals surface area contributed by atoms with Gasteiger partial charge in [-0.2, -0.15) is 5.10 Å². The van der Waals surface area contributed by atoms with Gasteiger partial charge in [-0.3, -0.25) is 19.1 Å². The molecule has 222 valence electrons. The lowest BCUT2D eigenvalue weighted by atomic mass is 9.88. The van der Waals surface area contributed by atoms with E-state index >= 15 is 0 Å². The second-order valence-electron chi connectivity index (χ2n) is 12.4. The highest BCUT2D eigenvalue weighted by Gasteiger charge is 2.46. The number of piperidine rings is 1. The summed E-state index contributed by atoms with van der Waals surface area (Å²) >= 11 is 0. The first kappa shape index (κ1) is 28.4. The molecule has 0 spiro atoms. The fourth-order valence-corrected chi connectivity index (χ4v) is 7.02. The first-order chi connectivity index (χ1) is 20.4. The van der Waals surface area contributed by atoms with Gasteiger partial charge in [0.05, 0.1) is 23.7 Å². The van der Waals surface area contributed by atoms with E-state index in [0.717, 1.165) is 55.2 Å². The van der Waals surface area contributed by atoms with E-state index in [2.05, 4.69) is 46.9 Å². The smallest absolute Gasteiger partial charge is 0.243 e. The SMILES string of the molecule is Cc1ccc(CC2CC(C(=O)NCc3ccc4c(cnn4C)c3)N(C(=O)[C@@H]3NCCC[C@@H]3C(=O)N3CCCC3)C2)cc1. The van der Waals surface area contributed by atoms with Gasteiger partial charge in [0, 0.05) is 38.6 Å². The van der Waals surface area contributed by atoms with Crippen LogP contribution in [-0.4, -0.2) is 75.6 Å². The summed E-state index contributed by atoms with van der Waals surface area (Å²) in [5, 5.41) is 11.8. The lowest BCUT2D eigenvalue weighted by Crippen LogP contribution is -2.59. The van der Waals surface area contributed by atoms with E-state index in [1.807, 2.05) is 41.0 Å². The molecular formula is C33H42N6O3. The Morgan fingerprint density at radius 3 is 2.55 bits per heavy atom. The molecule has 4 heterocycles. The Morgan fingerprint density at radius 1 is 1.00 bits per heavy atom. The van der Waals surface area contributed by atoms with E-state index in [1.165, 1.54) is 11.1 Å². The Labute approximate surface area is 247 Å². The van der Waals surface area contributed by atoms with Crippen molar-refractivity contribution >= 4 is 28.6 Å². The molecule has 4 atom stereocenters. The van der Waals surface area contributed by atoms with Gasteiger partial charge in [-0.15, -0.1) is 0 Å². The number of hydrogen-bond acceptors (Lipinski definition) is 5. The first-order valence-corrected chi connectivity index (χ1v) is 15.4. The normalized spacial score (nSPS) is 24.3. The molecule has 0 saturated carbocycles. The van der Waals surface area contributed by atoms with E-state index in [0.29, 0.717) is 32.5 Å². The lowest BCUT2D eigenvalue weighted by molar-refractivity contribution is -0.146. The van der Waals surface area contributed by atoms with Gasteiger partial charge in [0.2, 0.25) is 17.7 Å². The standard InChI is InChI=1S/C33H42N6O3/c1-22-7-9-23(10-8-22)16-25-18-29(31(40)35-19-24-11-12-28-26(17-24)20-36-37(28)2)39(21-25)33(42)30-27(6-5-13-34-30)32(41)38-14-3-4-15-38/h7-12,17,20,25,27,29-30,34H,3-6,13-16,18-19,21H2,1-2H3,(H,35,40)/t25?,27-,29?,30+/m0/s1. The van der Waals surface area contributed by atoms with Crippen LogP contribution < -0.4 is 10.6 Å². The van der Waals surface area contributed by atoms with E-state index in [4.69, 9.17) is 0 Å². The van der Waals surface area contributed by atoms with Gasteiger partial charge in [0.25, 0.3) is 0 Å². The number of fused-ring (bicyclic) bond motifs is 1. The van der Waals surface area contributed by atoms with Crippen molar-refractivity contribution in [3.8, 4) is 0 Å². The van der Waals surface area contributed by atoms with E-state index in [9.17, 15) is 14.4 Å². The molecule has 3 amide bonds. The van der Waals surface area contributed by atoms with Crippen LogP contribution >= 0.6 is 0 Å². The zero-order valence-electron chi connectivity index (χ0n) is 24.7. The van der Waals surface area contributed by atoms with Crippen LogP contribution in [0.25, 0.3) is 10.9 Å². The Balaban J connectivity index is 1.20. The maximum atomic E-state index is 14.2. The van der Waals surface area contributed by atoms with Crippen molar-refractivity contribution in [1.29, 1.82) is 0 Å². The maximum absolute atomic E-state index is 14.2. The molecule has 3 aliphatic rings. The molecule has 2 aromatic carbocycles. The number of hydrogen-bond donors (Lipinski definition) is 2. The molecule has 9 heteroatoms. The number of nitrogens with zero attached hydrogens (tertiary/aromatic N) is 4. The fraction of sp³-hybridized carbons (Fsp3) is 0.515. The third-order valence-electron chi connectivity index (χ3n) is 9.36. The van der Waals surface area contributed by atoms with Gasteiger partial charge in [0.1, 0.15) is 6.04 Å². The van der Waals surface area contributed by atoms with Crippen molar-refractivity contribution in [1.82, 2.24) is 30.2 Å². The number of benzene rings is 2. The topological polar surface area (TPSA) is 99.6 Å². The largest absolute Gasteiger partial charge is 0.350 e. The van der Waals surface area contributed by atoms with Crippen molar-refractivity contribution in [2.45, 2.75) is 64.1 Å². The predicted octanol–water partition coefficient (Wildman–Crippen LogP) is 2.95. The number of aromatic nitrogens is 2. The average molecular weight is 571 g/mol. The quantitative estimate of drug-likeness (QED) is 0.455. The molecule has 0 bridgehead atoms. The summed E-state index contributed by atoms with van der Waals surface area (Å²) in [5.74, 6) is -0.388. The highest BCUT2D eigenvalue weighted by molar-refractivity contribution is 5.94. The summed E-state index contributed by atoms with van der Waals surface area (Å²) < 4.78 is 1.83. The number of aryl methyl sites for hydroxylation is 2. The molecule has 2 N–H and O–H groups in total. The number of nitrogens with one attached hydrogen (secondary N) is 2. The molecule has 6 rings (SSSR count). The van der Waals surface area contributed by atoms with E-state index < -0.39 is 12.1 Å². The molecule has 1 aromatic heterocycles. The first-order valence-electron chi connectivity index (χ1n) is 15.4. The molecule has 0 radical (unpaired) electrons. The van der Waals surface area contributed by atoms with Crippen LogP contribution in [0.1, 0.15) is 48.8 Å². The van der Waals surface area contributed by atoms with Crippen molar-refractivity contribution in [2.75, 3.05) is 26.2 Å². The summed E-state index contributed by atoms with van der Waals surface area (Å²) in [6.45, 7) is 5.21. The van der Waals surface area contributed by atoms with Crippen molar-refractivity contribution in [2.24, 2.45) is 18.9 Å². The Bertz CT molecular complexity index is 1440.